The third kappa shape index (κ3) is 3.15. The van der Waals surface area contributed by atoms with Crippen LogP contribution >= 0.6 is 11.3 Å². The minimum absolute atomic E-state index is 0.141. The van der Waals surface area contributed by atoms with E-state index in [2.05, 4.69) is 5.32 Å². The highest BCUT2D eigenvalue weighted by Gasteiger charge is 2.11. The number of hydrogen-bond acceptors (Lipinski definition) is 3. The van der Waals surface area contributed by atoms with E-state index >= 15 is 0 Å². The highest BCUT2D eigenvalue weighted by atomic mass is 32.1. The number of anilines is 1. The first-order chi connectivity index (χ1) is 10.6. The van der Waals surface area contributed by atoms with Crippen LogP contribution in [0.3, 0.4) is 0 Å². The average Bonchev–Trinajstić information content (AvgIpc) is 3.00. The van der Waals surface area contributed by atoms with Crippen molar-refractivity contribution < 1.29 is 14.3 Å². The van der Waals surface area contributed by atoms with Crippen LogP contribution in [0, 0.1) is 5.82 Å². The number of phenolic OH excluding ortho intramolecular Hbond substituents is 1. The summed E-state index contributed by atoms with van der Waals surface area (Å²) in [6.07, 6.45) is 0. The smallest absolute Gasteiger partial charge is 0.265 e. The lowest BCUT2D eigenvalue weighted by Gasteiger charge is -2.03. The van der Waals surface area contributed by atoms with Gasteiger partial charge in [0.25, 0.3) is 5.91 Å². The van der Waals surface area contributed by atoms with E-state index in [-0.39, 0.29) is 17.5 Å². The summed E-state index contributed by atoms with van der Waals surface area (Å²) in [4.78, 5) is 13.5. The van der Waals surface area contributed by atoms with Crippen LogP contribution in [0.5, 0.6) is 5.75 Å². The van der Waals surface area contributed by atoms with Gasteiger partial charge in [-0.3, -0.25) is 4.79 Å². The molecule has 2 N–H and O–H groups in total. The Kier molecular flexibility index (Phi) is 3.89. The van der Waals surface area contributed by atoms with Crippen molar-refractivity contribution >= 4 is 22.9 Å². The molecular formula is C17H12FNO2S. The van der Waals surface area contributed by atoms with Gasteiger partial charge in [0.1, 0.15) is 11.6 Å². The Bertz CT molecular complexity index is 812. The van der Waals surface area contributed by atoms with Crippen LogP contribution in [0.25, 0.3) is 10.4 Å². The Labute approximate surface area is 130 Å². The van der Waals surface area contributed by atoms with Crippen molar-refractivity contribution in [2.75, 3.05) is 5.32 Å². The Balaban J connectivity index is 1.78. The van der Waals surface area contributed by atoms with Crippen LogP contribution in [-0.4, -0.2) is 11.0 Å². The first-order valence-corrected chi connectivity index (χ1v) is 7.39. The van der Waals surface area contributed by atoms with Crippen molar-refractivity contribution in [1.82, 2.24) is 0 Å². The summed E-state index contributed by atoms with van der Waals surface area (Å²) >= 11 is 1.30. The molecule has 0 aliphatic carbocycles. The number of nitrogens with one attached hydrogen (secondary N) is 1. The van der Waals surface area contributed by atoms with Crippen molar-refractivity contribution in [3.8, 4) is 16.2 Å². The lowest BCUT2D eigenvalue weighted by Crippen LogP contribution is -2.09. The molecule has 1 amide bonds. The number of carbonyl (C=O) groups is 1. The van der Waals surface area contributed by atoms with Crippen molar-refractivity contribution in [2.45, 2.75) is 0 Å². The molecule has 3 aromatic rings. The van der Waals surface area contributed by atoms with Crippen LogP contribution in [0.1, 0.15) is 9.67 Å². The predicted molar refractivity (Wildman–Crippen MR) is 85.8 cm³/mol. The number of hydrogen-bond donors (Lipinski definition) is 2. The fourth-order valence-corrected chi connectivity index (χ4v) is 2.89. The lowest BCUT2D eigenvalue weighted by atomic mass is 10.2. The number of aromatic hydroxyl groups is 1. The Hall–Kier alpha value is -2.66. The summed E-state index contributed by atoms with van der Waals surface area (Å²) in [5.41, 5.74) is 1.34. The minimum atomic E-state index is -0.305. The summed E-state index contributed by atoms with van der Waals surface area (Å²) in [5, 5.41) is 12.0. The van der Waals surface area contributed by atoms with Gasteiger partial charge in [-0.1, -0.05) is 12.1 Å². The van der Waals surface area contributed by atoms with E-state index in [1.807, 2.05) is 0 Å². The van der Waals surface area contributed by atoms with Crippen molar-refractivity contribution in [1.29, 1.82) is 0 Å². The number of amides is 1. The van der Waals surface area contributed by atoms with E-state index in [1.165, 1.54) is 35.6 Å². The average molecular weight is 313 g/mol. The van der Waals surface area contributed by atoms with E-state index in [0.29, 0.717) is 10.6 Å². The maximum absolute atomic E-state index is 13.2. The molecule has 0 atom stereocenters. The zero-order valence-corrected chi connectivity index (χ0v) is 12.2. The molecule has 2 aromatic carbocycles. The van der Waals surface area contributed by atoms with Gasteiger partial charge in [-0.15, -0.1) is 11.3 Å². The molecule has 0 saturated heterocycles. The summed E-state index contributed by atoms with van der Waals surface area (Å²) in [5.74, 6) is -0.401. The van der Waals surface area contributed by atoms with Crippen molar-refractivity contribution in [3.63, 3.8) is 0 Å². The Morgan fingerprint density at radius 1 is 1.05 bits per heavy atom. The highest BCUT2D eigenvalue weighted by molar-refractivity contribution is 7.17. The second-order valence-corrected chi connectivity index (χ2v) is 5.76. The van der Waals surface area contributed by atoms with E-state index in [9.17, 15) is 14.3 Å². The molecule has 5 heteroatoms. The van der Waals surface area contributed by atoms with Gasteiger partial charge in [0.2, 0.25) is 0 Å². The van der Waals surface area contributed by atoms with Crippen LogP contribution in [0.4, 0.5) is 10.1 Å². The Morgan fingerprint density at radius 3 is 2.55 bits per heavy atom. The molecular weight excluding hydrogens is 301 g/mol. The zero-order valence-electron chi connectivity index (χ0n) is 11.4. The lowest BCUT2D eigenvalue weighted by molar-refractivity contribution is 0.103. The largest absolute Gasteiger partial charge is 0.508 e. The summed E-state index contributed by atoms with van der Waals surface area (Å²) in [6, 6.07) is 16.0. The summed E-state index contributed by atoms with van der Waals surface area (Å²) in [7, 11) is 0. The molecule has 0 saturated carbocycles. The number of halogens is 1. The normalized spacial score (nSPS) is 10.4. The fourth-order valence-electron chi connectivity index (χ4n) is 1.99. The van der Waals surface area contributed by atoms with Crippen LogP contribution in [0.2, 0.25) is 0 Å². The third-order valence-electron chi connectivity index (χ3n) is 3.06. The monoisotopic (exact) mass is 313 g/mol. The van der Waals surface area contributed by atoms with Crippen molar-refractivity contribution in [3.05, 3.63) is 71.4 Å². The number of rotatable bonds is 3. The van der Waals surface area contributed by atoms with Gasteiger partial charge < -0.3 is 10.4 Å². The molecule has 110 valence electrons. The highest BCUT2D eigenvalue weighted by Crippen LogP contribution is 2.29. The third-order valence-corrected chi connectivity index (χ3v) is 4.20. The van der Waals surface area contributed by atoms with Gasteiger partial charge in [0.15, 0.2) is 0 Å². The molecule has 0 unspecified atom stereocenters. The summed E-state index contributed by atoms with van der Waals surface area (Å²) in [6.45, 7) is 0. The topological polar surface area (TPSA) is 49.3 Å². The molecule has 3 nitrogen and oxygen atoms in total. The number of carbonyl (C=O) groups excluding carboxylic acids is 1. The fraction of sp³-hybridized carbons (Fsp3) is 0. The first kappa shape index (κ1) is 14.3. The molecule has 1 heterocycles. The van der Waals surface area contributed by atoms with Crippen LogP contribution in [0.15, 0.2) is 60.7 Å². The first-order valence-electron chi connectivity index (χ1n) is 6.58. The summed E-state index contributed by atoms with van der Waals surface area (Å²) < 4.78 is 13.2. The predicted octanol–water partition coefficient (Wildman–Crippen LogP) is 4.51. The molecule has 0 bridgehead atoms. The van der Waals surface area contributed by atoms with E-state index in [0.717, 1.165) is 10.4 Å². The molecule has 0 spiro atoms. The van der Waals surface area contributed by atoms with Gasteiger partial charge in [0, 0.05) is 10.6 Å². The van der Waals surface area contributed by atoms with Crippen LogP contribution < -0.4 is 5.32 Å². The van der Waals surface area contributed by atoms with E-state index in [4.69, 9.17) is 0 Å². The number of phenols is 1. The van der Waals surface area contributed by atoms with Gasteiger partial charge in [-0.25, -0.2) is 4.39 Å². The Morgan fingerprint density at radius 2 is 1.82 bits per heavy atom. The molecule has 0 fully saturated rings. The standard InChI is InChI=1S/C17H12FNO2S/c18-12-3-1-2-11(10-12)15-8-9-16(22-15)17(21)19-13-4-6-14(20)7-5-13/h1-10,20H,(H,19,21). The second-order valence-electron chi connectivity index (χ2n) is 4.68. The number of thiophene rings is 1. The van der Waals surface area contributed by atoms with E-state index in [1.54, 1.807) is 36.4 Å². The maximum Gasteiger partial charge on any atom is 0.265 e. The van der Waals surface area contributed by atoms with Crippen LogP contribution in [-0.2, 0) is 0 Å². The molecule has 1 aromatic heterocycles. The van der Waals surface area contributed by atoms with Gasteiger partial charge in [-0.05, 0) is 54.1 Å². The molecule has 0 radical (unpaired) electrons. The zero-order chi connectivity index (χ0) is 15.5. The van der Waals surface area contributed by atoms with E-state index < -0.39 is 0 Å². The number of benzene rings is 2. The maximum atomic E-state index is 13.2. The molecule has 0 aliphatic rings. The molecule has 0 aliphatic heterocycles. The SMILES string of the molecule is O=C(Nc1ccc(O)cc1)c1ccc(-c2cccc(F)c2)s1. The molecule has 22 heavy (non-hydrogen) atoms. The second kappa shape index (κ2) is 5.99. The van der Waals surface area contributed by atoms with Gasteiger partial charge in [-0.2, -0.15) is 0 Å². The minimum Gasteiger partial charge on any atom is -0.508 e. The van der Waals surface area contributed by atoms with Gasteiger partial charge >= 0.3 is 0 Å². The van der Waals surface area contributed by atoms with Gasteiger partial charge in [0.05, 0.1) is 4.88 Å². The van der Waals surface area contributed by atoms with Crippen molar-refractivity contribution in [2.24, 2.45) is 0 Å². The molecule has 3 rings (SSSR count). The quantitative estimate of drug-likeness (QED) is 0.699.